The minimum Gasteiger partial charge on any atom is -0.454 e. The zero-order chi connectivity index (χ0) is 31.7. The molecule has 4 aromatic heterocycles. The van der Waals surface area contributed by atoms with Gasteiger partial charge in [0.05, 0.1) is 22.4 Å². The number of rotatable bonds is 2. The predicted molar refractivity (Wildman–Crippen MR) is 200 cm³/mol. The fourth-order valence-corrected chi connectivity index (χ4v) is 9.51. The lowest BCUT2D eigenvalue weighted by atomic mass is 9.72. The maximum absolute atomic E-state index is 6.57. The molecular formula is C43H27N3OS. The molecule has 48 heavy (non-hydrogen) atoms. The van der Waals surface area contributed by atoms with Crippen LogP contribution < -0.4 is 0 Å². The van der Waals surface area contributed by atoms with Crippen LogP contribution in [0.1, 0.15) is 25.0 Å². The van der Waals surface area contributed by atoms with E-state index in [9.17, 15) is 0 Å². The van der Waals surface area contributed by atoms with Crippen molar-refractivity contribution in [2.45, 2.75) is 19.3 Å². The van der Waals surface area contributed by atoms with Crippen molar-refractivity contribution in [3.05, 3.63) is 139 Å². The molecule has 0 amide bonds. The Morgan fingerprint density at radius 3 is 2.23 bits per heavy atom. The average molecular weight is 634 g/mol. The second kappa shape index (κ2) is 9.18. The third-order valence-corrected chi connectivity index (χ3v) is 11.6. The SMILES string of the molecule is CC1(C)c2c(-c3nc(-c4cccc5c4sc4ccccc45)nc4ccccc34)cccc2-n2c3c1cccc3c1oc3ccccc3c12. The van der Waals surface area contributed by atoms with Crippen LogP contribution in [0.4, 0.5) is 0 Å². The van der Waals surface area contributed by atoms with Crippen molar-refractivity contribution in [3.63, 3.8) is 0 Å². The van der Waals surface area contributed by atoms with Crippen molar-refractivity contribution in [1.82, 2.24) is 14.5 Å². The molecule has 0 atom stereocenters. The van der Waals surface area contributed by atoms with Gasteiger partial charge in [-0.2, -0.15) is 0 Å². The van der Waals surface area contributed by atoms with Crippen LogP contribution in [-0.2, 0) is 5.41 Å². The van der Waals surface area contributed by atoms with Crippen LogP contribution >= 0.6 is 11.3 Å². The van der Waals surface area contributed by atoms with E-state index in [1.165, 1.54) is 42.5 Å². The van der Waals surface area contributed by atoms with E-state index in [4.69, 9.17) is 14.4 Å². The van der Waals surface area contributed by atoms with Crippen LogP contribution in [0.5, 0.6) is 0 Å². The van der Waals surface area contributed by atoms with Gasteiger partial charge in [0.15, 0.2) is 11.4 Å². The number of aromatic nitrogens is 3. The molecule has 5 heteroatoms. The molecule has 0 unspecified atom stereocenters. The Labute approximate surface area is 279 Å². The lowest BCUT2D eigenvalue weighted by Crippen LogP contribution is -2.27. The normalized spacial score (nSPS) is 13.8. The van der Waals surface area contributed by atoms with E-state index < -0.39 is 0 Å². The molecule has 0 N–H and O–H groups in total. The summed E-state index contributed by atoms with van der Waals surface area (Å²) in [7, 11) is 0. The van der Waals surface area contributed by atoms with Gasteiger partial charge in [-0.1, -0.05) is 98.8 Å². The molecule has 5 heterocycles. The fourth-order valence-electron chi connectivity index (χ4n) is 8.30. The summed E-state index contributed by atoms with van der Waals surface area (Å²) in [5.41, 5.74) is 11.6. The quantitative estimate of drug-likeness (QED) is 0.190. The molecule has 0 spiro atoms. The Hall–Kier alpha value is -5.78. The Morgan fingerprint density at radius 2 is 1.31 bits per heavy atom. The topological polar surface area (TPSA) is 43.9 Å². The summed E-state index contributed by atoms with van der Waals surface area (Å²) < 4.78 is 11.5. The number of nitrogens with zero attached hydrogens (tertiary/aromatic N) is 3. The maximum atomic E-state index is 6.57. The molecule has 226 valence electrons. The number of fused-ring (bicyclic) bond motifs is 11. The Morgan fingerprint density at radius 1 is 0.604 bits per heavy atom. The van der Waals surface area contributed by atoms with Crippen LogP contribution in [0, 0.1) is 0 Å². The van der Waals surface area contributed by atoms with Gasteiger partial charge in [-0.3, -0.25) is 0 Å². The predicted octanol–water partition coefficient (Wildman–Crippen LogP) is 11.8. The van der Waals surface area contributed by atoms with Crippen molar-refractivity contribution >= 4 is 75.4 Å². The first-order valence-electron chi connectivity index (χ1n) is 16.3. The Bertz CT molecular complexity index is 2990. The van der Waals surface area contributed by atoms with E-state index in [1.54, 1.807) is 0 Å². The smallest absolute Gasteiger partial charge is 0.161 e. The standard InChI is InChI=1S/C43H27N3OS/c1-43(2)31-19-10-17-29-38(31)46(39-27-14-4-7-22-34(27)47-40(29)39)33-21-11-16-28(36(33)43)37-26-13-3-6-20-32(26)44-42(45-37)30-18-9-15-25-24-12-5-8-23-35(24)48-41(25)30/h3-23H,1-2H3. The number of benzene rings is 6. The monoisotopic (exact) mass is 633 g/mol. The third kappa shape index (κ3) is 3.29. The first-order chi connectivity index (χ1) is 23.6. The second-order valence-corrected chi connectivity index (χ2v) is 14.4. The summed E-state index contributed by atoms with van der Waals surface area (Å²) in [6.07, 6.45) is 0. The van der Waals surface area contributed by atoms with Gasteiger partial charge in [-0.15, -0.1) is 11.3 Å². The molecule has 0 saturated carbocycles. The van der Waals surface area contributed by atoms with Gasteiger partial charge in [0.25, 0.3) is 0 Å². The Balaban J connectivity index is 1.25. The van der Waals surface area contributed by atoms with Crippen molar-refractivity contribution in [2.75, 3.05) is 0 Å². The first-order valence-corrected chi connectivity index (χ1v) is 17.2. The number of para-hydroxylation sites is 3. The molecule has 4 nitrogen and oxygen atoms in total. The highest BCUT2D eigenvalue weighted by atomic mass is 32.1. The van der Waals surface area contributed by atoms with Crippen molar-refractivity contribution in [1.29, 1.82) is 0 Å². The van der Waals surface area contributed by atoms with Crippen LogP contribution in [-0.4, -0.2) is 14.5 Å². The largest absolute Gasteiger partial charge is 0.454 e. The molecular weight excluding hydrogens is 607 g/mol. The van der Waals surface area contributed by atoms with E-state index in [-0.39, 0.29) is 5.41 Å². The maximum Gasteiger partial charge on any atom is 0.161 e. The molecule has 1 aliphatic heterocycles. The summed E-state index contributed by atoms with van der Waals surface area (Å²) in [6.45, 7) is 4.70. The zero-order valence-electron chi connectivity index (χ0n) is 26.3. The Kier molecular flexibility index (Phi) is 5.03. The van der Waals surface area contributed by atoms with E-state index in [0.29, 0.717) is 0 Å². The number of hydrogen-bond acceptors (Lipinski definition) is 4. The first kappa shape index (κ1) is 26.3. The van der Waals surface area contributed by atoms with E-state index in [0.717, 1.165) is 61.0 Å². The number of hydrogen-bond donors (Lipinski definition) is 0. The van der Waals surface area contributed by atoms with Crippen molar-refractivity contribution in [3.8, 4) is 28.3 Å². The highest BCUT2D eigenvalue weighted by Crippen LogP contribution is 2.52. The van der Waals surface area contributed by atoms with Gasteiger partial charge < -0.3 is 8.98 Å². The molecule has 11 rings (SSSR count). The fraction of sp³-hybridized carbons (Fsp3) is 0.0698. The molecule has 10 aromatic rings. The van der Waals surface area contributed by atoms with Gasteiger partial charge in [0.1, 0.15) is 11.1 Å². The average Bonchev–Trinajstić information content (AvgIpc) is 3.79. The molecule has 1 aliphatic rings. The summed E-state index contributed by atoms with van der Waals surface area (Å²) in [5.74, 6) is 0.749. The van der Waals surface area contributed by atoms with Gasteiger partial charge >= 0.3 is 0 Å². The second-order valence-electron chi connectivity index (χ2n) is 13.3. The molecule has 0 saturated heterocycles. The van der Waals surface area contributed by atoms with Crippen molar-refractivity contribution in [2.24, 2.45) is 0 Å². The van der Waals surface area contributed by atoms with Crippen LogP contribution in [0.2, 0.25) is 0 Å². The minimum absolute atomic E-state index is 0.315. The molecule has 0 aliphatic carbocycles. The van der Waals surface area contributed by atoms with Crippen LogP contribution in [0.15, 0.2) is 132 Å². The number of furan rings is 1. The minimum atomic E-state index is -0.315. The molecule has 0 radical (unpaired) electrons. The zero-order valence-corrected chi connectivity index (χ0v) is 27.1. The summed E-state index contributed by atoms with van der Waals surface area (Å²) >= 11 is 1.81. The summed E-state index contributed by atoms with van der Waals surface area (Å²) in [5, 5.41) is 5.83. The molecule has 6 aromatic carbocycles. The molecule has 0 fully saturated rings. The van der Waals surface area contributed by atoms with Crippen LogP contribution in [0.3, 0.4) is 0 Å². The highest BCUT2D eigenvalue weighted by Gasteiger charge is 2.38. The van der Waals surface area contributed by atoms with E-state index in [1.807, 2.05) is 17.4 Å². The molecule has 0 bridgehead atoms. The van der Waals surface area contributed by atoms with Gasteiger partial charge in [-0.25, -0.2) is 9.97 Å². The lowest BCUT2D eigenvalue weighted by molar-refractivity contribution is 0.632. The van der Waals surface area contributed by atoms with Gasteiger partial charge in [0, 0.05) is 52.9 Å². The van der Waals surface area contributed by atoms with E-state index in [2.05, 4.69) is 140 Å². The highest BCUT2D eigenvalue weighted by molar-refractivity contribution is 7.26. The third-order valence-electron chi connectivity index (χ3n) is 10.4. The van der Waals surface area contributed by atoms with Crippen molar-refractivity contribution < 1.29 is 4.42 Å². The lowest BCUT2D eigenvalue weighted by Gasteiger charge is -2.36. The van der Waals surface area contributed by atoms with E-state index >= 15 is 0 Å². The van der Waals surface area contributed by atoms with Gasteiger partial charge in [0.2, 0.25) is 0 Å². The van der Waals surface area contributed by atoms with Gasteiger partial charge in [-0.05, 0) is 53.6 Å². The summed E-state index contributed by atoms with van der Waals surface area (Å²) in [6, 6.07) is 45.3. The number of thiophene rings is 1. The summed E-state index contributed by atoms with van der Waals surface area (Å²) in [4.78, 5) is 10.7. The van der Waals surface area contributed by atoms with Crippen LogP contribution in [0.25, 0.3) is 92.4 Å².